The third-order valence-electron chi connectivity index (χ3n) is 1.63. The predicted octanol–water partition coefficient (Wildman–Crippen LogP) is 2.35. The van der Waals surface area contributed by atoms with Gasteiger partial charge in [0.25, 0.3) is 0 Å². The maximum absolute atomic E-state index is 12.3. The van der Waals surface area contributed by atoms with E-state index < -0.39 is 11.8 Å². The van der Waals surface area contributed by atoms with Gasteiger partial charge in [-0.3, -0.25) is 4.98 Å². The Bertz CT molecular complexity index is 403. The van der Waals surface area contributed by atoms with Gasteiger partial charge in [-0.05, 0) is 12.1 Å². The smallest absolute Gasteiger partial charge is 0.444 e. The number of hydrogen-bond donors (Lipinski definition) is 0. The number of rotatable bonds is 1. The molecule has 0 fully saturated rings. The highest BCUT2D eigenvalue weighted by Gasteiger charge is 2.27. The van der Waals surface area contributed by atoms with E-state index in [4.69, 9.17) is 0 Å². The summed E-state index contributed by atoms with van der Waals surface area (Å²) >= 11 is 0.744. The molecule has 0 saturated carbocycles. The van der Waals surface area contributed by atoms with Crippen LogP contribution in [0.4, 0.5) is 12.9 Å². The molecule has 2 aromatic rings. The van der Waals surface area contributed by atoms with Gasteiger partial charge in [0, 0.05) is 10.9 Å². The number of nitrogens with zero attached hydrogens (tertiary/aromatic N) is 1. The number of aromatic nitrogens is 1. The van der Waals surface area contributed by atoms with Crippen LogP contribution in [0.3, 0.4) is 0 Å². The minimum absolute atomic E-state index is 0.418. The summed E-state index contributed by atoms with van der Waals surface area (Å²) in [4.78, 5) is 3.84. The number of fused-ring (bicyclic) bond motifs is 1. The lowest BCUT2D eigenvalue weighted by atomic mass is 9.89. The Morgan fingerprint density at radius 3 is 2.69 bits per heavy atom. The van der Waals surface area contributed by atoms with Gasteiger partial charge in [0.05, 0.1) is 5.52 Å². The molecule has 0 bridgehead atoms. The predicted molar refractivity (Wildman–Crippen MR) is 48.3 cm³/mol. The summed E-state index contributed by atoms with van der Waals surface area (Å²) in [6.45, 7) is -4.88. The van der Waals surface area contributed by atoms with Crippen LogP contribution >= 0.6 is 11.3 Å². The lowest BCUT2D eigenvalue weighted by Gasteiger charge is -2.09. The zero-order valence-corrected chi connectivity index (χ0v) is 7.19. The van der Waals surface area contributed by atoms with E-state index >= 15 is 0 Å². The van der Waals surface area contributed by atoms with Gasteiger partial charge in [-0.25, -0.2) is 0 Å². The maximum atomic E-state index is 12.3. The highest BCUT2D eigenvalue weighted by atomic mass is 32.1. The van der Waals surface area contributed by atoms with E-state index in [1.807, 2.05) is 0 Å². The Hall–Kier alpha value is -1.04. The lowest BCUT2D eigenvalue weighted by Crippen LogP contribution is -2.30. The standard InChI is InChI=1S/C7H4BF3NS/c9-8(10,11)7-4-5-6(13-7)2-1-3-12-5/h1-4H/q-1. The molecule has 0 aromatic carbocycles. The van der Waals surface area contributed by atoms with Crippen molar-refractivity contribution in [2.75, 3.05) is 0 Å². The third kappa shape index (κ3) is 1.53. The summed E-state index contributed by atoms with van der Waals surface area (Å²) in [5, 5.41) is 0. The average Bonchev–Trinajstić information content (AvgIpc) is 2.45. The second kappa shape index (κ2) is 2.73. The molecule has 2 heterocycles. The Kier molecular flexibility index (Phi) is 1.80. The fourth-order valence-electron chi connectivity index (χ4n) is 1.05. The fraction of sp³-hybridized carbons (Fsp3) is 0. The van der Waals surface area contributed by atoms with Crippen molar-refractivity contribution in [1.29, 1.82) is 0 Å². The largest absolute Gasteiger partial charge is 0.519 e. The third-order valence-corrected chi connectivity index (χ3v) is 2.82. The Morgan fingerprint density at radius 1 is 1.31 bits per heavy atom. The molecule has 0 aliphatic heterocycles. The first-order valence-corrected chi connectivity index (χ1v) is 4.43. The molecular weight excluding hydrogens is 198 g/mol. The zero-order chi connectivity index (χ0) is 9.47. The van der Waals surface area contributed by atoms with Crippen molar-refractivity contribution in [3.63, 3.8) is 0 Å². The van der Waals surface area contributed by atoms with Crippen LogP contribution in [-0.2, 0) is 0 Å². The van der Waals surface area contributed by atoms with Crippen molar-refractivity contribution in [2.24, 2.45) is 0 Å². The quantitative estimate of drug-likeness (QED) is 0.646. The number of thiophene rings is 1. The van der Waals surface area contributed by atoms with Crippen LogP contribution in [0.15, 0.2) is 24.4 Å². The van der Waals surface area contributed by atoms with E-state index in [0.29, 0.717) is 10.2 Å². The molecule has 0 saturated heterocycles. The van der Waals surface area contributed by atoms with Crippen LogP contribution in [-0.4, -0.2) is 12.0 Å². The van der Waals surface area contributed by atoms with Crippen LogP contribution in [0.25, 0.3) is 10.2 Å². The monoisotopic (exact) mass is 202 g/mol. The molecule has 1 nitrogen and oxygen atoms in total. The maximum Gasteiger partial charge on any atom is 0.519 e. The van der Waals surface area contributed by atoms with Crippen molar-refractivity contribution in [3.05, 3.63) is 24.4 Å². The van der Waals surface area contributed by atoms with Crippen LogP contribution in [0.2, 0.25) is 0 Å². The van der Waals surface area contributed by atoms with Gasteiger partial charge in [-0.1, -0.05) is 10.8 Å². The molecular formula is C7H4BF3NS-. The normalized spacial score (nSPS) is 12.2. The first-order chi connectivity index (χ1) is 6.07. The van der Waals surface area contributed by atoms with Crippen molar-refractivity contribution in [1.82, 2.24) is 4.98 Å². The molecule has 6 heteroatoms. The van der Waals surface area contributed by atoms with E-state index in [0.717, 1.165) is 17.4 Å². The second-order valence-corrected chi connectivity index (χ2v) is 3.73. The van der Waals surface area contributed by atoms with Crippen LogP contribution in [0, 0.1) is 0 Å². The minimum atomic E-state index is -4.88. The van der Waals surface area contributed by atoms with Crippen molar-refractivity contribution < 1.29 is 12.9 Å². The topological polar surface area (TPSA) is 12.9 Å². The summed E-state index contributed by atoms with van der Waals surface area (Å²) in [6.07, 6.45) is 1.49. The second-order valence-electron chi connectivity index (χ2n) is 2.61. The Balaban J connectivity index is 2.63. The van der Waals surface area contributed by atoms with Crippen molar-refractivity contribution >= 4 is 33.3 Å². The summed E-state index contributed by atoms with van der Waals surface area (Å²) < 4.78 is 36.9. The molecule has 0 aliphatic carbocycles. The van der Waals surface area contributed by atoms with Gasteiger partial charge in [0.1, 0.15) is 0 Å². The van der Waals surface area contributed by atoms with Gasteiger partial charge in [-0.2, -0.15) is 11.3 Å². The summed E-state index contributed by atoms with van der Waals surface area (Å²) in [5.41, 5.74) is 0.418. The van der Waals surface area contributed by atoms with Crippen molar-refractivity contribution in [2.45, 2.75) is 0 Å². The first-order valence-electron chi connectivity index (χ1n) is 3.62. The summed E-state index contributed by atoms with van der Waals surface area (Å²) in [6, 6.07) is 4.37. The molecule has 2 rings (SSSR count). The van der Waals surface area contributed by atoms with E-state index in [9.17, 15) is 12.9 Å². The zero-order valence-electron chi connectivity index (χ0n) is 6.38. The summed E-state index contributed by atoms with van der Waals surface area (Å²) in [5.74, 6) is 0. The molecule has 0 N–H and O–H groups in total. The van der Waals surface area contributed by atoms with Gasteiger partial charge in [-0.15, -0.1) is 0 Å². The van der Waals surface area contributed by atoms with E-state index in [1.165, 1.54) is 6.20 Å². The van der Waals surface area contributed by atoms with E-state index in [2.05, 4.69) is 4.98 Å². The highest BCUT2D eigenvalue weighted by Crippen LogP contribution is 2.21. The SMILES string of the molecule is F[B-](F)(F)c1cc2ncccc2s1. The van der Waals surface area contributed by atoms with Crippen LogP contribution < -0.4 is 4.78 Å². The molecule has 0 aliphatic rings. The van der Waals surface area contributed by atoms with Crippen LogP contribution in [0.5, 0.6) is 0 Å². The molecule has 0 radical (unpaired) electrons. The number of halogens is 3. The lowest BCUT2D eigenvalue weighted by molar-refractivity contribution is 0.503. The van der Waals surface area contributed by atoms with E-state index in [1.54, 1.807) is 12.1 Å². The molecule has 0 unspecified atom stereocenters. The van der Waals surface area contributed by atoms with Gasteiger partial charge in [0.2, 0.25) is 0 Å². The summed E-state index contributed by atoms with van der Waals surface area (Å²) in [7, 11) is 0. The minimum Gasteiger partial charge on any atom is -0.444 e. The Labute approximate surface area is 76.3 Å². The molecule has 0 spiro atoms. The van der Waals surface area contributed by atoms with E-state index in [-0.39, 0.29) is 0 Å². The highest BCUT2D eigenvalue weighted by molar-refractivity contribution is 7.29. The molecule has 13 heavy (non-hydrogen) atoms. The average molecular weight is 202 g/mol. The Morgan fingerprint density at radius 2 is 2.08 bits per heavy atom. The van der Waals surface area contributed by atoms with Crippen molar-refractivity contribution in [3.8, 4) is 0 Å². The number of hydrogen-bond acceptors (Lipinski definition) is 2. The molecule has 2 aromatic heterocycles. The molecule has 0 amide bonds. The molecule has 68 valence electrons. The van der Waals surface area contributed by atoms with Gasteiger partial charge in [0.15, 0.2) is 0 Å². The van der Waals surface area contributed by atoms with Gasteiger partial charge >= 0.3 is 6.98 Å². The van der Waals surface area contributed by atoms with Gasteiger partial charge < -0.3 is 12.9 Å². The molecule has 0 atom stereocenters. The first kappa shape index (κ1) is 8.56. The van der Waals surface area contributed by atoms with Crippen LogP contribution in [0.1, 0.15) is 0 Å². The number of pyridine rings is 1. The fourth-order valence-corrected chi connectivity index (χ4v) is 1.97.